The molecule has 3 aromatic rings. The van der Waals surface area contributed by atoms with Gasteiger partial charge in [0, 0.05) is 30.2 Å². The Labute approximate surface area is 194 Å². The summed E-state index contributed by atoms with van der Waals surface area (Å²) < 4.78 is 40.8. The number of nitrogens with zero attached hydrogens (tertiary/aromatic N) is 2. The molecular formula is C24H29N3O5S. The first kappa shape index (κ1) is 23.1. The van der Waals surface area contributed by atoms with Crippen molar-refractivity contribution in [2.24, 2.45) is 0 Å². The highest BCUT2D eigenvalue weighted by molar-refractivity contribution is 7.89. The monoisotopic (exact) mass is 471 g/mol. The predicted molar refractivity (Wildman–Crippen MR) is 125 cm³/mol. The molecule has 0 unspecified atom stereocenters. The summed E-state index contributed by atoms with van der Waals surface area (Å²) in [6.45, 7) is 5.32. The highest BCUT2D eigenvalue weighted by Gasteiger charge is 2.29. The van der Waals surface area contributed by atoms with Crippen molar-refractivity contribution < 1.29 is 22.4 Å². The maximum absolute atomic E-state index is 13.2. The summed E-state index contributed by atoms with van der Waals surface area (Å²) in [6.07, 6.45) is 4.32. The van der Waals surface area contributed by atoms with Gasteiger partial charge in [0.25, 0.3) is 5.91 Å². The number of furan rings is 1. The van der Waals surface area contributed by atoms with E-state index in [1.54, 1.807) is 18.4 Å². The van der Waals surface area contributed by atoms with Crippen molar-refractivity contribution in [3.63, 3.8) is 0 Å². The molecule has 4 rings (SSSR count). The number of benzene rings is 1. The predicted octanol–water partition coefficient (Wildman–Crippen LogP) is 4.18. The van der Waals surface area contributed by atoms with Gasteiger partial charge >= 0.3 is 0 Å². The van der Waals surface area contributed by atoms with E-state index in [1.807, 2.05) is 36.6 Å². The van der Waals surface area contributed by atoms with E-state index >= 15 is 0 Å². The summed E-state index contributed by atoms with van der Waals surface area (Å²) in [6, 6.07) is 10.2. The standard InChI is InChI=1S/C24H29N3O5S/c1-17-14-21(18(2)27(17)16-20-8-7-13-32-20)24(28)25-19-9-10-22(31-3)23(15-19)33(29,30)26-11-5-4-6-12-26/h7-10,13-15H,4-6,11-12,16H2,1-3H3,(H,25,28). The van der Waals surface area contributed by atoms with Crippen molar-refractivity contribution >= 4 is 21.6 Å². The van der Waals surface area contributed by atoms with Crippen LogP contribution in [0.15, 0.2) is 52.0 Å². The summed E-state index contributed by atoms with van der Waals surface area (Å²) in [5.74, 6) is 0.752. The zero-order chi connectivity index (χ0) is 23.6. The topological polar surface area (TPSA) is 93.8 Å². The molecule has 33 heavy (non-hydrogen) atoms. The van der Waals surface area contributed by atoms with Crippen LogP contribution in [-0.4, -0.2) is 43.4 Å². The summed E-state index contributed by atoms with van der Waals surface area (Å²) in [5, 5.41) is 2.85. The molecule has 0 aliphatic carbocycles. The largest absolute Gasteiger partial charge is 0.495 e. The highest BCUT2D eigenvalue weighted by Crippen LogP contribution is 2.31. The van der Waals surface area contributed by atoms with Crippen LogP contribution in [0.3, 0.4) is 0 Å². The van der Waals surface area contributed by atoms with Crippen molar-refractivity contribution in [3.8, 4) is 5.75 Å². The number of carbonyl (C=O) groups excluding carboxylic acids is 1. The fourth-order valence-electron chi connectivity index (χ4n) is 4.23. The maximum atomic E-state index is 13.2. The van der Waals surface area contributed by atoms with Crippen molar-refractivity contribution in [2.45, 2.75) is 44.6 Å². The number of aromatic nitrogens is 1. The first-order valence-corrected chi connectivity index (χ1v) is 12.4. The SMILES string of the molecule is COc1ccc(NC(=O)c2cc(C)n(Cc3ccco3)c2C)cc1S(=O)(=O)N1CCCCC1. The Hall–Kier alpha value is -3.04. The van der Waals surface area contributed by atoms with Crippen LogP contribution in [0.5, 0.6) is 5.75 Å². The number of piperidine rings is 1. The van der Waals surface area contributed by atoms with Crippen LogP contribution in [0.1, 0.15) is 46.8 Å². The molecule has 0 radical (unpaired) electrons. The van der Waals surface area contributed by atoms with Gasteiger partial charge in [-0.05, 0) is 63.1 Å². The molecular weight excluding hydrogens is 442 g/mol. The van der Waals surface area contributed by atoms with E-state index < -0.39 is 10.0 Å². The average molecular weight is 472 g/mol. The molecule has 0 atom stereocenters. The van der Waals surface area contributed by atoms with E-state index in [1.165, 1.54) is 17.5 Å². The third kappa shape index (κ3) is 4.69. The van der Waals surface area contributed by atoms with Crippen LogP contribution in [-0.2, 0) is 16.6 Å². The Balaban J connectivity index is 1.59. The van der Waals surface area contributed by atoms with Gasteiger partial charge in [0.05, 0.1) is 25.5 Å². The van der Waals surface area contributed by atoms with Gasteiger partial charge in [-0.25, -0.2) is 8.42 Å². The average Bonchev–Trinajstić information content (AvgIpc) is 3.43. The highest BCUT2D eigenvalue weighted by atomic mass is 32.2. The van der Waals surface area contributed by atoms with Gasteiger partial charge in [-0.2, -0.15) is 4.31 Å². The molecule has 1 aromatic carbocycles. The number of rotatable bonds is 7. The van der Waals surface area contributed by atoms with E-state index in [0.717, 1.165) is 36.4 Å². The number of methoxy groups -OCH3 is 1. The second kappa shape index (κ2) is 9.44. The van der Waals surface area contributed by atoms with Crippen molar-refractivity contribution in [1.29, 1.82) is 0 Å². The fraction of sp³-hybridized carbons (Fsp3) is 0.375. The van der Waals surface area contributed by atoms with Gasteiger partial charge in [-0.15, -0.1) is 0 Å². The third-order valence-corrected chi connectivity index (χ3v) is 7.99. The zero-order valence-corrected chi connectivity index (χ0v) is 19.9. The molecule has 1 aliphatic heterocycles. The van der Waals surface area contributed by atoms with Crippen molar-refractivity contribution in [1.82, 2.24) is 8.87 Å². The van der Waals surface area contributed by atoms with Crippen LogP contribution in [0.2, 0.25) is 0 Å². The van der Waals surface area contributed by atoms with Crippen LogP contribution >= 0.6 is 0 Å². The number of anilines is 1. The summed E-state index contributed by atoms with van der Waals surface area (Å²) in [7, 11) is -2.28. The second-order valence-corrected chi connectivity index (χ2v) is 10.1. The van der Waals surface area contributed by atoms with Gasteiger partial charge in [-0.3, -0.25) is 4.79 Å². The Kier molecular flexibility index (Phi) is 6.62. The Morgan fingerprint density at radius 1 is 1.12 bits per heavy atom. The molecule has 2 aromatic heterocycles. The Morgan fingerprint density at radius 2 is 1.88 bits per heavy atom. The van der Waals surface area contributed by atoms with Crippen molar-refractivity contribution in [3.05, 3.63) is 65.4 Å². The normalized spacial score (nSPS) is 14.9. The molecule has 8 nitrogen and oxygen atoms in total. The number of ether oxygens (including phenoxy) is 1. The van der Waals surface area contributed by atoms with Gasteiger partial charge in [0.1, 0.15) is 16.4 Å². The molecule has 176 valence electrons. The molecule has 0 bridgehead atoms. The molecule has 1 saturated heterocycles. The number of amides is 1. The lowest BCUT2D eigenvalue weighted by Crippen LogP contribution is -2.35. The Morgan fingerprint density at radius 3 is 2.55 bits per heavy atom. The lowest BCUT2D eigenvalue weighted by atomic mass is 10.2. The number of nitrogens with one attached hydrogen (secondary N) is 1. The minimum atomic E-state index is -3.73. The number of carbonyl (C=O) groups is 1. The third-order valence-electron chi connectivity index (χ3n) is 6.07. The molecule has 0 spiro atoms. The van der Waals surface area contributed by atoms with Crippen LogP contribution in [0, 0.1) is 13.8 Å². The summed E-state index contributed by atoms with van der Waals surface area (Å²) in [4.78, 5) is 13.1. The lowest BCUT2D eigenvalue weighted by Gasteiger charge is -2.26. The summed E-state index contributed by atoms with van der Waals surface area (Å²) >= 11 is 0. The minimum absolute atomic E-state index is 0.0630. The van der Waals surface area contributed by atoms with E-state index in [2.05, 4.69) is 5.32 Å². The first-order chi connectivity index (χ1) is 15.8. The Bertz CT molecular complexity index is 1240. The molecule has 3 heterocycles. The minimum Gasteiger partial charge on any atom is -0.495 e. The number of sulfonamides is 1. The number of aryl methyl sites for hydroxylation is 1. The van der Waals surface area contributed by atoms with Crippen molar-refractivity contribution in [2.75, 3.05) is 25.5 Å². The van der Waals surface area contributed by atoms with Crippen LogP contribution in [0.25, 0.3) is 0 Å². The van der Waals surface area contributed by atoms with Crippen LogP contribution in [0.4, 0.5) is 5.69 Å². The smallest absolute Gasteiger partial charge is 0.257 e. The fourth-order valence-corrected chi connectivity index (χ4v) is 5.93. The van der Waals surface area contributed by atoms with Crippen LogP contribution < -0.4 is 10.1 Å². The van der Waals surface area contributed by atoms with E-state index in [0.29, 0.717) is 30.9 Å². The number of hydrogen-bond acceptors (Lipinski definition) is 5. The molecule has 1 fully saturated rings. The molecule has 1 N–H and O–H groups in total. The van der Waals surface area contributed by atoms with Gasteiger partial charge in [-0.1, -0.05) is 6.42 Å². The van der Waals surface area contributed by atoms with E-state index in [4.69, 9.17) is 9.15 Å². The quantitative estimate of drug-likeness (QED) is 0.558. The lowest BCUT2D eigenvalue weighted by molar-refractivity contribution is 0.102. The number of hydrogen-bond donors (Lipinski definition) is 1. The molecule has 1 aliphatic rings. The molecule has 1 amide bonds. The maximum Gasteiger partial charge on any atom is 0.257 e. The van der Waals surface area contributed by atoms with E-state index in [9.17, 15) is 13.2 Å². The zero-order valence-electron chi connectivity index (χ0n) is 19.1. The molecule has 9 heteroatoms. The van der Waals surface area contributed by atoms with Gasteiger partial charge in [0.15, 0.2) is 0 Å². The summed E-state index contributed by atoms with van der Waals surface area (Å²) in [5.41, 5.74) is 2.65. The first-order valence-electron chi connectivity index (χ1n) is 11.0. The molecule has 0 saturated carbocycles. The van der Waals surface area contributed by atoms with Gasteiger partial charge in [0.2, 0.25) is 10.0 Å². The van der Waals surface area contributed by atoms with E-state index in [-0.39, 0.29) is 16.6 Å². The second-order valence-electron chi connectivity index (χ2n) is 8.23. The van der Waals surface area contributed by atoms with Gasteiger partial charge < -0.3 is 19.0 Å².